The smallest absolute Gasteiger partial charge is 0.273 e. The molecule has 0 heterocycles. The van der Waals surface area contributed by atoms with Gasteiger partial charge in [0.2, 0.25) is 0 Å². The van der Waals surface area contributed by atoms with Gasteiger partial charge in [-0.15, -0.1) is 0 Å². The Morgan fingerprint density at radius 2 is 1.88 bits per heavy atom. The number of nitro groups is 1. The number of rotatable bonds is 6. The second-order valence-electron chi connectivity index (χ2n) is 5.08. The quantitative estimate of drug-likeness (QED) is 0.649. The molecule has 1 amide bonds. The molecule has 7 nitrogen and oxygen atoms in total. The monoisotopic (exact) mass is 330 g/mol. The fourth-order valence-electron chi connectivity index (χ4n) is 2.34. The lowest BCUT2D eigenvalue weighted by Gasteiger charge is -2.11. The summed E-state index contributed by atoms with van der Waals surface area (Å²) in [6.45, 7) is 1.82. The lowest BCUT2D eigenvalue weighted by Crippen LogP contribution is -2.23. The van der Waals surface area contributed by atoms with E-state index in [0.717, 1.165) is 5.56 Å². The zero-order valence-electron chi connectivity index (χ0n) is 13.7. The van der Waals surface area contributed by atoms with E-state index >= 15 is 0 Å². The first kappa shape index (κ1) is 17.3. The fourth-order valence-corrected chi connectivity index (χ4v) is 2.34. The van der Waals surface area contributed by atoms with E-state index in [4.69, 9.17) is 9.47 Å². The van der Waals surface area contributed by atoms with Gasteiger partial charge < -0.3 is 14.8 Å². The van der Waals surface area contributed by atoms with E-state index in [0.29, 0.717) is 17.1 Å². The third kappa shape index (κ3) is 3.62. The summed E-state index contributed by atoms with van der Waals surface area (Å²) >= 11 is 0. The van der Waals surface area contributed by atoms with E-state index in [1.807, 2.05) is 6.07 Å². The van der Waals surface area contributed by atoms with E-state index in [2.05, 4.69) is 5.32 Å². The zero-order chi connectivity index (χ0) is 17.7. The van der Waals surface area contributed by atoms with Crippen molar-refractivity contribution in [2.45, 2.75) is 13.5 Å². The number of hydrogen-bond acceptors (Lipinski definition) is 5. The second kappa shape index (κ2) is 7.45. The van der Waals surface area contributed by atoms with Gasteiger partial charge in [0.1, 0.15) is 0 Å². The van der Waals surface area contributed by atoms with Gasteiger partial charge in [0.05, 0.1) is 19.1 Å². The van der Waals surface area contributed by atoms with Crippen molar-refractivity contribution in [1.29, 1.82) is 0 Å². The number of methoxy groups -OCH3 is 2. The molecular weight excluding hydrogens is 312 g/mol. The van der Waals surface area contributed by atoms with Crippen LogP contribution in [0.4, 0.5) is 5.69 Å². The van der Waals surface area contributed by atoms with Gasteiger partial charge in [-0.1, -0.05) is 12.1 Å². The number of nitro benzene ring substituents is 1. The molecule has 0 spiro atoms. The molecule has 2 aromatic rings. The molecule has 1 N–H and O–H groups in total. The number of hydrogen-bond donors (Lipinski definition) is 1. The van der Waals surface area contributed by atoms with Crippen molar-refractivity contribution in [2.75, 3.05) is 14.2 Å². The highest BCUT2D eigenvalue weighted by Gasteiger charge is 2.17. The van der Waals surface area contributed by atoms with Crippen LogP contribution in [0.5, 0.6) is 11.5 Å². The van der Waals surface area contributed by atoms with Crippen molar-refractivity contribution in [3.05, 3.63) is 63.2 Å². The lowest BCUT2D eigenvalue weighted by atomic mass is 10.1. The molecule has 24 heavy (non-hydrogen) atoms. The van der Waals surface area contributed by atoms with Crippen molar-refractivity contribution in [3.63, 3.8) is 0 Å². The normalized spacial score (nSPS) is 10.1. The summed E-state index contributed by atoms with van der Waals surface area (Å²) < 4.78 is 10.4. The first-order valence-corrected chi connectivity index (χ1v) is 7.21. The van der Waals surface area contributed by atoms with Gasteiger partial charge in [0.25, 0.3) is 11.6 Å². The van der Waals surface area contributed by atoms with Crippen molar-refractivity contribution in [2.24, 2.45) is 0 Å². The Morgan fingerprint density at radius 1 is 1.17 bits per heavy atom. The molecule has 0 aromatic heterocycles. The molecule has 0 saturated heterocycles. The van der Waals surface area contributed by atoms with Gasteiger partial charge in [0, 0.05) is 23.7 Å². The van der Waals surface area contributed by atoms with Crippen LogP contribution in [0.3, 0.4) is 0 Å². The number of carbonyl (C=O) groups is 1. The van der Waals surface area contributed by atoms with Crippen molar-refractivity contribution < 1.29 is 19.2 Å². The lowest BCUT2D eigenvalue weighted by molar-refractivity contribution is -0.385. The highest BCUT2D eigenvalue weighted by Crippen LogP contribution is 2.27. The molecule has 7 heteroatoms. The summed E-state index contributed by atoms with van der Waals surface area (Å²) in [5.41, 5.74) is 1.37. The van der Waals surface area contributed by atoms with E-state index in [1.54, 1.807) is 32.2 Å². The Labute approximate surface area is 139 Å². The van der Waals surface area contributed by atoms with Crippen molar-refractivity contribution in [1.82, 2.24) is 5.32 Å². The number of benzene rings is 2. The van der Waals surface area contributed by atoms with Crippen LogP contribution in [-0.4, -0.2) is 25.1 Å². The highest BCUT2D eigenvalue weighted by molar-refractivity contribution is 5.96. The van der Waals surface area contributed by atoms with Gasteiger partial charge in [-0.3, -0.25) is 14.9 Å². The minimum absolute atomic E-state index is 0.0752. The maximum absolute atomic E-state index is 12.3. The SMILES string of the molecule is COc1ccc(CNC(=O)c2cccc([N+](=O)[O-])c2C)cc1OC. The molecular formula is C17H18N2O5. The third-order valence-electron chi connectivity index (χ3n) is 3.65. The van der Waals surface area contributed by atoms with Crippen LogP contribution < -0.4 is 14.8 Å². The molecule has 0 aliphatic rings. The number of ether oxygens (including phenoxy) is 2. The van der Waals surface area contributed by atoms with Crippen LogP contribution in [0.1, 0.15) is 21.5 Å². The number of amides is 1. The minimum Gasteiger partial charge on any atom is -0.493 e. The van der Waals surface area contributed by atoms with Gasteiger partial charge in [-0.2, -0.15) is 0 Å². The molecule has 0 fully saturated rings. The van der Waals surface area contributed by atoms with Crippen LogP contribution >= 0.6 is 0 Å². The van der Waals surface area contributed by atoms with E-state index in [-0.39, 0.29) is 23.7 Å². The summed E-state index contributed by atoms with van der Waals surface area (Å²) in [7, 11) is 3.08. The van der Waals surface area contributed by atoms with Gasteiger partial charge in [-0.05, 0) is 30.7 Å². The Hall–Kier alpha value is -3.09. The Morgan fingerprint density at radius 3 is 2.50 bits per heavy atom. The van der Waals surface area contributed by atoms with E-state index < -0.39 is 4.92 Å². The molecule has 0 atom stereocenters. The first-order valence-electron chi connectivity index (χ1n) is 7.21. The topological polar surface area (TPSA) is 90.7 Å². The summed E-state index contributed by atoms with van der Waals surface area (Å²) in [6, 6.07) is 9.75. The molecule has 0 aliphatic carbocycles. The molecule has 126 valence electrons. The number of nitrogens with one attached hydrogen (secondary N) is 1. The zero-order valence-corrected chi connectivity index (χ0v) is 13.7. The van der Waals surface area contributed by atoms with Crippen molar-refractivity contribution in [3.8, 4) is 11.5 Å². The fraction of sp³-hybridized carbons (Fsp3) is 0.235. The number of nitrogens with zero attached hydrogens (tertiary/aromatic N) is 1. The molecule has 2 aromatic carbocycles. The summed E-state index contributed by atoms with van der Waals surface area (Å²) in [4.78, 5) is 22.8. The highest BCUT2D eigenvalue weighted by atomic mass is 16.6. The Bertz CT molecular complexity index is 774. The first-order chi connectivity index (χ1) is 11.5. The average molecular weight is 330 g/mol. The van der Waals surface area contributed by atoms with Gasteiger partial charge in [0.15, 0.2) is 11.5 Å². The number of carbonyl (C=O) groups excluding carboxylic acids is 1. The van der Waals surface area contributed by atoms with Crippen molar-refractivity contribution >= 4 is 11.6 Å². The largest absolute Gasteiger partial charge is 0.493 e. The third-order valence-corrected chi connectivity index (χ3v) is 3.65. The van der Waals surface area contributed by atoms with Crippen LogP contribution in [0.2, 0.25) is 0 Å². The molecule has 0 saturated carbocycles. The summed E-state index contributed by atoms with van der Waals surface area (Å²) in [5.74, 6) is 0.795. The minimum atomic E-state index is -0.500. The average Bonchev–Trinajstić information content (AvgIpc) is 2.59. The standard InChI is InChI=1S/C17H18N2O5/c1-11-13(5-4-6-14(11)19(21)22)17(20)18-10-12-7-8-15(23-2)16(9-12)24-3/h4-9H,10H2,1-3H3,(H,18,20). The van der Waals surface area contributed by atoms with Crippen LogP contribution in [-0.2, 0) is 6.54 Å². The maximum Gasteiger partial charge on any atom is 0.273 e. The summed E-state index contributed by atoms with van der Waals surface area (Å²) in [5, 5.41) is 13.7. The molecule has 2 rings (SSSR count). The summed E-state index contributed by atoms with van der Waals surface area (Å²) in [6.07, 6.45) is 0. The van der Waals surface area contributed by atoms with Crippen LogP contribution in [0, 0.1) is 17.0 Å². The molecule has 0 aliphatic heterocycles. The van der Waals surface area contributed by atoms with E-state index in [1.165, 1.54) is 19.2 Å². The predicted molar refractivity (Wildman–Crippen MR) is 88.5 cm³/mol. The predicted octanol–water partition coefficient (Wildman–Crippen LogP) is 2.85. The Kier molecular flexibility index (Phi) is 5.36. The molecule has 0 radical (unpaired) electrons. The second-order valence-corrected chi connectivity index (χ2v) is 5.08. The van der Waals surface area contributed by atoms with E-state index in [9.17, 15) is 14.9 Å². The molecule has 0 bridgehead atoms. The molecule has 0 unspecified atom stereocenters. The van der Waals surface area contributed by atoms with Gasteiger partial charge >= 0.3 is 0 Å². The Balaban J connectivity index is 2.14. The van der Waals surface area contributed by atoms with Crippen LogP contribution in [0.25, 0.3) is 0 Å². The van der Waals surface area contributed by atoms with Gasteiger partial charge in [-0.25, -0.2) is 0 Å². The maximum atomic E-state index is 12.3. The van der Waals surface area contributed by atoms with Crippen LogP contribution in [0.15, 0.2) is 36.4 Å².